The highest BCUT2D eigenvalue weighted by molar-refractivity contribution is 8.00. The van der Waals surface area contributed by atoms with Gasteiger partial charge in [-0.3, -0.25) is 4.79 Å². The molecule has 1 aromatic heterocycles. The first kappa shape index (κ1) is 15.5. The maximum Gasteiger partial charge on any atom is 0.233 e. The number of nitrogen functional groups attached to an aromatic ring is 2. The fraction of sp³-hybridized carbons (Fsp3) is 0.545. The van der Waals surface area contributed by atoms with Crippen LogP contribution in [0.2, 0.25) is 0 Å². The fourth-order valence-electron chi connectivity index (χ4n) is 1.30. The largest absolute Gasteiger partial charge is 0.385 e. The zero-order chi connectivity index (χ0) is 14.3. The lowest BCUT2D eigenvalue weighted by molar-refractivity contribution is -0.120. The molecule has 0 saturated heterocycles. The van der Waals surface area contributed by atoms with Crippen LogP contribution in [0.3, 0.4) is 0 Å². The summed E-state index contributed by atoms with van der Waals surface area (Å²) in [6, 6.07) is 1.47. The SMILES string of the molecule is COCCCNC(=O)C(C)Sc1nc(N)cc(N)n1. The quantitative estimate of drug-likeness (QED) is 0.374. The summed E-state index contributed by atoms with van der Waals surface area (Å²) in [7, 11) is 1.63. The molecule has 1 heterocycles. The molecular weight excluding hydrogens is 266 g/mol. The van der Waals surface area contributed by atoms with E-state index >= 15 is 0 Å². The Morgan fingerprint density at radius 2 is 2.11 bits per heavy atom. The second-order valence-corrected chi connectivity index (χ2v) is 5.21. The van der Waals surface area contributed by atoms with Crippen LogP contribution in [0.4, 0.5) is 11.6 Å². The smallest absolute Gasteiger partial charge is 0.233 e. The minimum atomic E-state index is -0.316. The first-order valence-corrected chi connectivity index (χ1v) is 6.74. The average Bonchev–Trinajstić information content (AvgIpc) is 2.33. The standard InChI is InChI=1S/C11H19N5O2S/c1-7(10(17)14-4-3-5-18-2)19-11-15-8(12)6-9(13)16-11/h6-7H,3-5H2,1-2H3,(H,14,17)(H4,12,13,15,16). The van der Waals surface area contributed by atoms with Crippen molar-refractivity contribution in [2.24, 2.45) is 0 Å². The Morgan fingerprint density at radius 3 is 2.68 bits per heavy atom. The highest BCUT2D eigenvalue weighted by Crippen LogP contribution is 2.21. The molecule has 0 radical (unpaired) electrons. The molecule has 0 aliphatic carbocycles. The van der Waals surface area contributed by atoms with Crippen LogP contribution in [-0.2, 0) is 9.53 Å². The molecule has 0 saturated carbocycles. The van der Waals surface area contributed by atoms with Crippen LogP contribution < -0.4 is 16.8 Å². The van der Waals surface area contributed by atoms with Crippen molar-refractivity contribution in [2.75, 3.05) is 31.7 Å². The third-order valence-electron chi connectivity index (χ3n) is 2.22. The summed E-state index contributed by atoms with van der Waals surface area (Å²) in [6.45, 7) is 2.98. The van der Waals surface area contributed by atoms with E-state index in [-0.39, 0.29) is 11.2 Å². The van der Waals surface area contributed by atoms with Crippen LogP contribution in [-0.4, -0.2) is 41.4 Å². The van der Waals surface area contributed by atoms with Gasteiger partial charge in [0.25, 0.3) is 0 Å². The molecule has 1 atom stereocenters. The molecule has 1 rings (SSSR count). The monoisotopic (exact) mass is 285 g/mol. The summed E-state index contributed by atoms with van der Waals surface area (Å²) in [4.78, 5) is 19.8. The first-order valence-electron chi connectivity index (χ1n) is 5.86. The number of hydrogen-bond acceptors (Lipinski definition) is 7. The Balaban J connectivity index is 2.44. The zero-order valence-corrected chi connectivity index (χ0v) is 11.9. The number of methoxy groups -OCH3 is 1. The summed E-state index contributed by atoms with van der Waals surface area (Å²) in [5.41, 5.74) is 11.1. The summed E-state index contributed by atoms with van der Waals surface area (Å²) in [6.07, 6.45) is 0.779. The summed E-state index contributed by atoms with van der Waals surface area (Å²) in [5, 5.41) is 2.89. The van der Waals surface area contributed by atoms with E-state index in [1.807, 2.05) is 0 Å². The predicted octanol–water partition coefficient (Wildman–Crippen LogP) is 0.274. The van der Waals surface area contributed by atoms with E-state index in [9.17, 15) is 4.79 Å². The summed E-state index contributed by atoms with van der Waals surface area (Å²) < 4.78 is 4.90. The van der Waals surface area contributed by atoms with Crippen molar-refractivity contribution >= 4 is 29.3 Å². The molecule has 7 nitrogen and oxygen atoms in total. The second kappa shape index (κ2) is 7.80. The number of amides is 1. The Kier molecular flexibility index (Phi) is 6.37. The van der Waals surface area contributed by atoms with Crippen LogP contribution in [0.25, 0.3) is 0 Å². The lowest BCUT2D eigenvalue weighted by Gasteiger charge is -2.11. The number of carbonyl (C=O) groups is 1. The number of thioether (sulfide) groups is 1. The highest BCUT2D eigenvalue weighted by Gasteiger charge is 2.15. The second-order valence-electron chi connectivity index (χ2n) is 3.90. The van der Waals surface area contributed by atoms with Crippen molar-refractivity contribution < 1.29 is 9.53 Å². The van der Waals surface area contributed by atoms with Gasteiger partial charge in [-0.15, -0.1) is 0 Å². The Hall–Kier alpha value is -1.54. The van der Waals surface area contributed by atoms with E-state index in [4.69, 9.17) is 16.2 Å². The topological polar surface area (TPSA) is 116 Å². The van der Waals surface area contributed by atoms with Gasteiger partial charge in [-0.2, -0.15) is 0 Å². The molecule has 1 unspecified atom stereocenters. The third-order valence-corrected chi connectivity index (χ3v) is 3.18. The molecule has 8 heteroatoms. The van der Waals surface area contributed by atoms with Gasteiger partial charge in [-0.25, -0.2) is 9.97 Å². The van der Waals surface area contributed by atoms with Crippen molar-refractivity contribution in [1.82, 2.24) is 15.3 Å². The number of nitrogens with zero attached hydrogens (tertiary/aromatic N) is 2. The Morgan fingerprint density at radius 1 is 1.47 bits per heavy atom. The summed E-state index contributed by atoms with van der Waals surface area (Å²) in [5.74, 6) is 0.510. The van der Waals surface area contributed by atoms with Gasteiger partial charge in [-0.1, -0.05) is 11.8 Å². The van der Waals surface area contributed by atoms with Gasteiger partial charge in [0.2, 0.25) is 5.91 Å². The number of rotatable bonds is 7. The molecule has 0 aliphatic heterocycles. The van der Waals surface area contributed by atoms with Crippen LogP contribution in [0.5, 0.6) is 0 Å². The molecule has 106 valence electrons. The first-order chi connectivity index (χ1) is 9.02. The fourth-order valence-corrected chi connectivity index (χ4v) is 2.12. The lowest BCUT2D eigenvalue weighted by atomic mass is 10.4. The molecular formula is C11H19N5O2S. The predicted molar refractivity (Wildman–Crippen MR) is 75.7 cm³/mol. The minimum absolute atomic E-state index is 0.0781. The highest BCUT2D eigenvalue weighted by atomic mass is 32.2. The van der Waals surface area contributed by atoms with E-state index in [0.717, 1.165) is 6.42 Å². The van der Waals surface area contributed by atoms with Gasteiger partial charge in [0.1, 0.15) is 11.6 Å². The summed E-state index contributed by atoms with van der Waals surface area (Å²) >= 11 is 1.22. The van der Waals surface area contributed by atoms with Gasteiger partial charge in [0.05, 0.1) is 5.25 Å². The van der Waals surface area contributed by atoms with Crippen LogP contribution in [0, 0.1) is 0 Å². The molecule has 1 aromatic rings. The lowest BCUT2D eigenvalue weighted by Crippen LogP contribution is -2.32. The number of nitrogens with two attached hydrogens (primary N) is 2. The van der Waals surface area contributed by atoms with Gasteiger partial charge >= 0.3 is 0 Å². The van der Waals surface area contributed by atoms with Gasteiger partial charge < -0.3 is 21.5 Å². The van der Waals surface area contributed by atoms with E-state index in [2.05, 4.69) is 15.3 Å². The molecule has 0 fully saturated rings. The Labute approximate surface area is 116 Å². The third kappa shape index (κ3) is 5.75. The van der Waals surface area contributed by atoms with Crippen LogP contribution in [0.15, 0.2) is 11.2 Å². The van der Waals surface area contributed by atoms with Crippen molar-refractivity contribution in [3.05, 3.63) is 6.07 Å². The van der Waals surface area contributed by atoms with Crippen LogP contribution in [0.1, 0.15) is 13.3 Å². The number of aromatic nitrogens is 2. The van der Waals surface area contributed by atoms with Gasteiger partial charge in [0.15, 0.2) is 5.16 Å². The number of carbonyl (C=O) groups excluding carboxylic acids is 1. The Bertz CT molecular complexity index is 409. The molecule has 1 amide bonds. The maximum atomic E-state index is 11.8. The molecule has 0 aliphatic rings. The van der Waals surface area contributed by atoms with Crippen molar-refractivity contribution in [1.29, 1.82) is 0 Å². The van der Waals surface area contributed by atoms with Crippen molar-refractivity contribution in [3.63, 3.8) is 0 Å². The van der Waals surface area contributed by atoms with E-state index < -0.39 is 0 Å². The number of nitrogens with one attached hydrogen (secondary N) is 1. The molecule has 0 bridgehead atoms. The molecule has 0 aromatic carbocycles. The van der Waals surface area contributed by atoms with Gasteiger partial charge in [-0.05, 0) is 13.3 Å². The average molecular weight is 285 g/mol. The van der Waals surface area contributed by atoms with Crippen molar-refractivity contribution in [3.8, 4) is 0 Å². The molecule has 5 N–H and O–H groups in total. The minimum Gasteiger partial charge on any atom is -0.385 e. The molecule has 19 heavy (non-hydrogen) atoms. The maximum absolute atomic E-state index is 11.8. The van der Waals surface area contributed by atoms with Gasteiger partial charge in [0, 0.05) is 26.3 Å². The van der Waals surface area contributed by atoms with E-state index in [1.165, 1.54) is 17.8 Å². The van der Waals surface area contributed by atoms with Crippen LogP contribution >= 0.6 is 11.8 Å². The number of anilines is 2. The molecule has 0 spiro atoms. The normalized spacial score (nSPS) is 12.1. The number of hydrogen-bond donors (Lipinski definition) is 3. The van der Waals surface area contributed by atoms with E-state index in [0.29, 0.717) is 29.9 Å². The zero-order valence-electron chi connectivity index (χ0n) is 11.0. The van der Waals surface area contributed by atoms with E-state index in [1.54, 1.807) is 14.0 Å². The number of ether oxygens (including phenoxy) is 1. The van der Waals surface area contributed by atoms with Crippen molar-refractivity contribution in [2.45, 2.75) is 23.8 Å².